The number of carbonyl (C=O) groups is 1. The molecule has 6 heteroatoms. The molecule has 1 aliphatic rings. The molecule has 0 aliphatic carbocycles. The number of fused-ring (bicyclic) bond motifs is 1. The molecule has 0 aromatic heterocycles. The molecule has 5 nitrogen and oxygen atoms in total. The maximum Gasteiger partial charge on any atom is 0.255 e. The van der Waals surface area contributed by atoms with Gasteiger partial charge in [0.2, 0.25) is 0 Å². The summed E-state index contributed by atoms with van der Waals surface area (Å²) in [5.74, 6) is 2.04. The number of nitrogens with one attached hydrogen (secondary N) is 1. The third kappa shape index (κ3) is 3.82. The van der Waals surface area contributed by atoms with E-state index in [1.807, 2.05) is 18.2 Å². The van der Waals surface area contributed by atoms with Crippen molar-refractivity contribution in [1.29, 1.82) is 0 Å². The lowest BCUT2D eigenvalue weighted by Gasteiger charge is -2.26. The van der Waals surface area contributed by atoms with Crippen molar-refractivity contribution in [2.45, 2.75) is 12.3 Å². The smallest absolute Gasteiger partial charge is 0.255 e. The van der Waals surface area contributed by atoms with Gasteiger partial charge in [-0.1, -0.05) is 17.7 Å². The van der Waals surface area contributed by atoms with Crippen LogP contribution in [-0.4, -0.2) is 33.3 Å². The molecule has 0 saturated carbocycles. The molecule has 2 aromatic rings. The zero-order valence-corrected chi connectivity index (χ0v) is 14.9. The molecule has 0 fully saturated rings. The molecule has 2 aromatic carbocycles. The Kier molecular flexibility index (Phi) is 5.34. The molecule has 1 atom stereocenters. The molecular weight excluding hydrogens is 342 g/mol. The molecule has 0 spiro atoms. The van der Waals surface area contributed by atoms with Crippen LogP contribution in [0.1, 0.15) is 28.3 Å². The van der Waals surface area contributed by atoms with E-state index >= 15 is 0 Å². The maximum absolute atomic E-state index is 12.5. The van der Waals surface area contributed by atoms with Crippen LogP contribution in [0.2, 0.25) is 5.02 Å². The normalized spacial score (nSPS) is 15.7. The minimum absolute atomic E-state index is 0.184. The Morgan fingerprint density at radius 2 is 2.08 bits per heavy atom. The van der Waals surface area contributed by atoms with Crippen LogP contribution in [0.3, 0.4) is 0 Å². The molecule has 3 rings (SSSR count). The van der Waals surface area contributed by atoms with Gasteiger partial charge in [0.15, 0.2) is 0 Å². The van der Waals surface area contributed by atoms with Gasteiger partial charge in [0.05, 0.1) is 26.4 Å². The summed E-state index contributed by atoms with van der Waals surface area (Å²) in [7, 11) is 3.16. The van der Waals surface area contributed by atoms with Gasteiger partial charge in [-0.3, -0.25) is 4.79 Å². The van der Waals surface area contributed by atoms with Crippen LogP contribution in [0.4, 0.5) is 0 Å². The highest BCUT2D eigenvalue weighted by atomic mass is 35.5. The second kappa shape index (κ2) is 7.66. The Morgan fingerprint density at radius 1 is 1.24 bits per heavy atom. The summed E-state index contributed by atoms with van der Waals surface area (Å²) in [4.78, 5) is 12.5. The Balaban J connectivity index is 1.73. The topological polar surface area (TPSA) is 56.8 Å². The molecule has 0 bridgehead atoms. The minimum atomic E-state index is -0.207. The van der Waals surface area contributed by atoms with E-state index < -0.39 is 0 Å². The quantitative estimate of drug-likeness (QED) is 0.883. The van der Waals surface area contributed by atoms with E-state index in [0.717, 1.165) is 23.5 Å². The van der Waals surface area contributed by atoms with E-state index in [9.17, 15) is 4.79 Å². The van der Waals surface area contributed by atoms with Crippen molar-refractivity contribution in [3.63, 3.8) is 0 Å². The minimum Gasteiger partial charge on any atom is -0.497 e. The maximum atomic E-state index is 12.5. The van der Waals surface area contributed by atoms with Crippen LogP contribution in [0.5, 0.6) is 17.2 Å². The van der Waals surface area contributed by atoms with Gasteiger partial charge in [0.1, 0.15) is 17.2 Å². The van der Waals surface area contributed by atoms with E-state index in [-0.39, 0.29) is 11.8 Å². The number of amides is 1. The predicted octanol–water partition coefficient (Wildman–Crippen LogP) is 3.65. The van der Waals surface area contributed by atoms with Gasteiger partial charge in [-0.15, -0.1) is 0 Å². The average molecular weight is 362 g/mol. The number of hydrogen-bond donors (Lipinski definition) is 1. The number of hydrogen-bond acceptors (Lipinski definition) is 4. The van der Waals surface area contributed by atoms with Gasteiger partial charge >= 0.3 is 0 Å². The van der Waals surface area contributed by atoms with E-state index in [1.54, 1.807) is 25.3 Å². The van der Waals surface area contributed by atoms with Crippen molar-refractivity contribution >= 4 is 17.5 Å². The molecule has 0 radical (unpaired) electrons. The van der Waals surface area contributed by atoms with E-state index in [1.165, 1.54) is 7.11 Å². The second-order valence-corrected chi connectivity index (χ2v) is 6.23. The van der Waals surface area contributed by atoms with Crippen molar-refractivity contribution in [1.82, 2.24) is 5.32 Å². The molecule has 1 heterocycles. The van der Waals surface area contributed by atoms with Crippen LogP contribution in [0.25, 0.3) is 0 Å². The van der Waals surface area contributed by atoms with Crippen molar-refractivity contribution in [3.8, 4) is 17.2 Å². The highest BCUT2D eigenvalue weighted by molar-refractivity contribution is 6.31. The lowest BCUT2D eigenvalue weighted by atomic mass is 9.93. The van der Waals surface area contributed by atoms with Gasteiger partial charge in [-0.25, -0.2) is 0 Å². The first kappa shape index (κ1) is 17.4. The highest BCUT2D eigenvalue weighted by Crippen LogP contribution is 2.36. The van der Waals surface area contributed by atoms with E-state index in [2.05, 4.69) is 5.32 Å². The van der Waals surface area contributed by atoms with Crippen LogP contribution >= 0.6 is 11.6 Å². The number of methoxy groups -OCH3 is 2. The van der Waals surface area contributed by atoms with Crippen molar-refractivity contribution in [2.24, 2.45) is 0 Å². The standard InChI is InChI=1S/C19H20ClNO4/c1-23-14-4-5-15-12(7-8-25-18(15)10-14)11-21-19(22)16-9-13(20)3-6-17(16)24-2/h3-6,9-10,12H,7-8,11H2,1-2H3,(H,21,22)/t12-/m0/s1. The number of halogens is 1. The van der Waals surface area contributed by atoms with Crippen LogP contribution in [-0.2, 0) is 0 Å². The Morgan fingerprint density at radius 3 is 2.84 bits per heavy atom. The van der Waals surface area contributed by atoms with Crippen molar-refractivity contribution in [2.75, 3.05) is 27.4 Å². The van der Waals surface area contributed by atoms with Crippen LogP contribution < -0.4 is 19.5 Å². The lowest BCUT2D eigenvalue weighted by Crippen LogP contribution is -2.31. The molecule has 0 saturated heterocycles. The predicted molar refractivity (Wildman–Crippen MR) is 96.2 cm³/mol. The van der Waals surface area contributed by atoms with Gasteiger partial charge in [-0.05, 0) is 36.2 Å². The highest BCUT2D eigenvalue weighted by Gasteiger charge is 2.23. The Labute approximate surface area is 151 Å². The largest absolute Gasteiger partial charge is 0.497 e. The fraction of sp³-hybridized carbons (Fsp3) is 0.316. The molecule has 1 amide bonds. The monoisotopic (exact) mass is 361 g/mol. The number of benzene rings is 2. The zero-order chi connectivity index (χ0) is 17.8. The summed E-state index contributed by atoms with van der Waals surface area (Å²) in [5, 5.41) is 3.47. The first-order valence-corrected chi connectivity index (χ1v) is 8.42. The third-order valence-corrected chi connectivity index (χ3v) is 4.53. The van der Waals surface area contributed by atoms with Crippen LogP contribution in [0.15, 0.2) is 36.4 Å². The van der Waals surface area contributed by atoms with Gasteiger partial charge in [0.25, 0.3) is 5.91 Å². The number of carbonyl (C=O) groups excluding carboxylic acids is 1. The second-order valence-electron chi connectivity index (χ2n) is 5.79. The zero-order valence-electron chi connectivity index (χ0n) is 14.2. The first-order chi connectivity index (χ1) is 12.1. The molecule has 132 valence electrons. The summed E-state index contributed by atoms with van der Waals surface area (Å²) >= 11 is 6.00. The van der Waals surface area contributed by atoms with Crippen molar-refractivity contribution < 1.29 is 19.0 Å². The fourth-order valence-corrected chi connectivity index (χ4v) is 3.12. The van der Waals surface area contributed by atoms with Crippen LogP contribution in [0, 0.1) is 0 Å². The SMILES string of the molecule is COc1ccc2c(c1)OCC[C@H]2CNC(=O)c1cc(Cl)ccc1OC. The first-order valence-electron chi connectivity index (χ1n) is 8.05. The molecule has 25 heavy (non-hydrogen) atoms. The fourth-order valence-electron chi connectivity index (χ4n) is 2.95. The average Bonchev–Trinajstić information content (AvgIpc) is 2.65. The van der Waals surface area contributed by atoms with Crippen molar-refractivity contribution in [3.05, 3.63) is 52.5 Å². The molecule has 0 unspecified atom stereocenters. The molecule has 1 aliphatic heterocycles. The molecular formula is C19H20ClNO4. The molecule has 1 N–H and O–H groups in total. The summed E-state index contributed by atoms with van der Waals surface area (Å²) in [5.41, 5.74) is 1.50. The Hall–Kier alpha value is -2.40. The van der Waals surface area contributed by atoms with Gasteiger partial charge in [0, 0.05) is 23.6 Å². The number of ether oxygens (including phenoxy) is 3. The van der Waals surface area contributed by atoms with E-state index in [0.29, 0.717) is 29.5 Å². The summed E-state index contributed by atoms with van der Waals surface area (Å²) in [6.45, 7) is 1.12. The third-order valence-electron chi connectivity index (χ3n) is 4.30. The summed E-state index contributed by atoms with van der Waals surface area (Å²) in [6.07, 6.45) is 0.840. The van der Waals surface area contributed by atoms with Gasteiger partial charge in [-0.2, -0.15) is 0 Å². The summed E-state index contributed by atoms with van der Waals surface area (Å²) < 4.78 is 16.2. The lowest BCUT2D eigenvalue weighted by molar-refractivity contribution is 0.0945. The van der Waals surface area contributed by atoms with Gasteiger partial charge < -0.3 is 19.5 Å². The Bertz CT molecular complexity index is 778. The summed E-state index contributed by atoms with van der Waals surface area (Å²) in [6, 6.07) is 10.8. The van der Waals surface area contributed by atoms with E-state index in [4.69, 9.17) is 25.8 Å². The number of rotatable bonds is 5.